The van der Waals surface area contributed by atoms with Crippen molar-refractivity contribution in [3.8, 4) is 0 Å². The third-order valence-corrected chi connectivity index (χ3v) is 4.83. The van der Waals surface area contributed by atoms with E-state index in [9.17, 15) is 4.79 Å². The summed E-state index contributed by atoms with van der Waals surface area (Å²) in [7, 11) is 1.38. The van der Waals surface area contributed by atoms with Crippen molar-refractivity contribution in [1.29, 1.82) is 0 Å². The Balaban J connectivity index is 0.000000380. The Hall–Kier alpha value is -2.61. The molecule has 3 aromatic carbocycles. The molecular formula is C25H30O2. The molecule has 0 bridgehead atoms. The van der Waals surface area contributed by atoms with Crippen molar-refractivity contribution in [2.75, 3.05) is 7.11 Å². The van der Waals surface area contributed by atoms with Crippen LogP contribution in [0.3, 0.4) is 0 Å². The Morgan fingerprint density at radius 2 is 1.70 bits per heavy atom. The van der Waals surface area contributed by atoms with Crippen LogP contribution in [0.2, 0.25) is 0 Å². The van der Waals surface area contributed by atoms with Crippen LogP contribution in [0.4, 0.5) is 0 Å². The smallest absolute Gasteiger partial charge is 0.305 e. The minimum atomic E-state index is -0.157. The molecule has 3 aromatic rings. The molecule has 0 N–H and O–H groups in total. The fourth-order valence-electron chi connectivity index (χ4n) is 3.37. The van der Waals surface area contributed by atoms with Gasteiger partial charge in [-0.15, -0.1) is 0 Å². The lowest BCUT2D eigenvalue weighted by atomic mass is 9.92. The largest absolute Gasteiger partial charge is 0.469 e. The molecule has 0 saturated heterocycles. The summed E-state index contributed by atoms with van der Waals surface area (Å²) in [6.45, 7) is 12.1. The predicted octanol–water partition coefficient (Wildman–Crippen LogP) is 6.07. The van der Waals surface area contributed by atoms with Gasteiger partial charge in [0.1, 0.15) is 0 Å². The molecule has 0 spiro atoms. The third kappa shape index (κ3) is 4.97. The van der Waals surface area contributed by atoms with Crippen LogP contribution < -0.4 is 5.22 Å². The fraction of sp³-hybridized carbons (Fsp3) is 0.320. The van der Waals surface area contributed by atoms with Crippen LogP contribution in [-0.2, 0) is 16.0 Å². The van der Waals surface area contributed by atoms with E-state index in [2.05, 4.69) is 61.2 Å². The summed E-state index contributed by atoms with van der Waals surface area (Å²) in [6.07, 6.45) is 7.42. The second kappa shape index (κ2) is 9.91. The zero-order valence-corrected chi connectivity index (χ0v) is 16.8. The van der Waals surface area contributed by atoms with Crippen molar-refractivity contribution in [2.24, 2.45) is 0 Å². The maximum atomic E-state index is 9.96. The predicted molar refractivity (Wildman–Crippen MR) is 118 cm³/mol. The highest BCUT2D eigenvalue weighted by atomic mass is 16.5. The highest BCUT2D eigenvalue weighted by molar-refractivity contribution is 6.13. The molecule has 0 aliphatic rings. The molecular weight excluding hydrogens is 332 g/mol. The first-order valence-electron chi connectivity index (χ1n) is 9.71. The van der Waals surface area contributed by atoms with Crippen LogP contribution in [0.5, 0.6) is 0 Å². The van der Waals surface area contributed by atoms with E-state index in [1.54, 1.807) is 6.92 Å². The molecule has 0 fully saturated rings. The van der Waals surface area contributed by atoms with Crippen molar-refractivity contribution >= 4 is 40.2 Å². The van der Waals surface area contributed by atoms with E-state index < -0.39 is 0 Å². The van der Waals surface area contributed by atoms with Crippen LogP contribution in [0.25, 0.3) is 34.2 Å². The van der Waals surface area contributed by atoms with E-state index in [0.29, 0.717) is 6.42 Å². The summed E-state index contributed by atoms with van der Waals surface area (Å²) in [5.74, 6) is -0.157. The first kappa shape index (κ1) is 20.7. The number of benzene rings is 3. The Bertz CT molecular complexity index is 944. The average Bonchev–Trinajstić information content (AvgIpc) is 2.70. The molecule has 0 radical (unpaired) electrons. The van der Waals surface area contributed by atoms with Gasteiger partial charge >= 0.3 is 5.97 Å². The van der Waals surface area contributed by atoms with E-state index in [1.807, 2.05) is 6.08 Å². The molecule has 0 atom stereocenters. The Labute approximate surface area is 162 Å². The van der Waals surface area contributed by atoms with Gasteiger partial charge in [0.05, 0.1) is 7.11 Å². The van der Waals surface area contributed by atoms with Crippen molar-refractivity contribution < 1.29 is 9.53 Å². The number of ether oxygens (including phenoxy) is 1. The fourth-order valence-corrected chi connectivity index (χ4v) is 3.37. The van der Waals surface area contributed by atoms with Gasteiger partial charge in [-0.05, 0) is 50.7 Å². The quantitative estimate of drug-likeness (QED) is 0.393. The summed E-state index contributed by atoms with van der Waals surface area (Å²) in [4.78, 5) is 9.96. The number of unbranched alkanes of at least 4 members (excludes halogenated alkanes) is 2. The molecule has 2 heteroatoms. The average molecular weight is 363 g/mol. The van der Waals surface area contributed by atoms with E-state index in [0.717, 1.165) is 5.22 Å². The molecule has 0 aromatic heterocycles. The number of hydrogen-bond donors (Lipinski definition) is 0. The van der Waals surface area contributed by atoms with E-state index in [-0.39, 0.29) is 5.97 Å². The van der Waals surface area contributed by atoms with Gasteiger partial charge in [-0.2, -0.15) is 0 Å². The van der Waals surface area contributed by atoms with Gasteiger partial charge in [-0.1, -0.05) is 82.3 Å². The van der Waals surface area contributed by atoms with Gasteiger partial charge in [0, 0.05) is 6.42 Å². The summed E-state index contributed by atoms with van der Waals surface area (Å²) in [5.41, 5.74) is 2.62. The number of rotatable bonds is 6. The van der Waals surface area contributed by atoms with Crippen LogP contribution >= 0.6 is 0 Å². The first-order chi connectivity index (χ1) is 13.0. The molecule has 0 heterocycles. The molecule has 0 amide bonds. The lowest BCUT2D eigenvalue weighted by Gasteiger charge is -2.11. The maximum Gasteiger partial charge on any atom is 0.305 e. The highest BCUT2D eigenvalue weighted by Gasteiger charge is 2.07. The number of carbonyl (C=O) groups is 1. The van der Waals surface area contributed by atoms with Crippen LogP contribution in [0.15, 0.2) is 43.0 Å². The second-order valence-corrected chi connectivity index (χ2v) is 6.76. The van der Waals surface area contributed by atoms with Crippen molar-refractivity contribution in [3.63, 3.8) is 0 Å². The minimum absolute atomic E-state index is 0.157. The number of hydrogen-bond acceptors (Lipinski definition) is 2. The zero-order valence-electron chi connectivity index (χ0n) is 16.8. The molecule has 0 unspecified atom stereocenters. The summed E-state index contributed by atoms with van der Waals surface area (Å²) in [6, 6.07) is 13.4. The molecule has 0 saturated carbocycles. The molecule has 27 heavy (non-hydrogen) atoms. The molecule has 3 rings (SSSR count). The van der Waals surface area contributed by atoms with E-state index in [1.165, 1.54) is 65.5 Å². The van der Waals surface area contributed by atoms with Crippen molar-refractivity contribution in [1.82, 2.24) is 0 Å². The van der Waals surface area contributed by atoms with E-state index >= 15 is 0 Å². The lowest BCUT2D eigenvalue weighted by Crippen LogP contribution is -2.01. The minimum Gasteiger partial charge on any atom is -0.469 e. The Kier molecular flexibility index (Phi) is 7.60. The molecule has 0 aliphatic carbocycles. The van der Waals surface area contributed by atoms with Crippen LogP contribution in [-0.4, -0.2) is 13.1 Å². The summed E-state index contributed by atoms with van der Waals surface area (Å²) < 4.78 is 4.26. The highest BCUT2D eigenvalue weighted by Crippen LogP contribution is 2.29. The van der Waals surface area contributed by atoms with Gasteiger partial charge < -0.3 is 4.74 Å². The SMILES string of the molecule is C=Cc1ccc2cc(CCCCC)cc3ccc(=C)c1c23.CCC(=O)OC. The number of esters is 1. The van der Waals surface area contributed by atoms with Gasteiger partial charge in [0.25, 0.3) is 0 Å². The maximum absolute atomic E-state index is 9.96. The number of methoxy groups -OCH3 is 1. The van der Waals surface area contributed by atoms with Gasteiger partial charge in [-0.3, -0.25) is 4.79 Å². The van der Waals surface area contributed by atoms with E-state index in [4.69, 9.17) is 0 Å². The van der Waals surface area contributed by atoms with Crippen LogP contribution in [0, 0.1) is 0 Å². The first-order valence-corrected chi connectivity index (χ1v) is 9.71. The molecule has 2 nitrogen and oxygen atoms in total. The Morgan fingerprint density at radius 1 is 1.04 bits per heavy atom. The normalized spacial score (nSPS) is 10.5. The Morgan fingerprint density at radius 3 is 2.22 bits per heavy atom. The summed E-state index contributed by atoms with van der Waals surface area (Å²) >= 11 is 0. The van der Waals surface area contributed by atoms with Gasteiger partial charge in [-0.25, -0.2) is 0 Å². The van der Waals surface area contributed by atoms with Gasteiger partial charge in [0.15, 0.2) is 0 Å². The lowest BCUT2D eigenvalue weighted by molar-refractivity contribution is -0.140. The number of carbonyl (C=O) groups excluding carboxylic acids is 1. The standard InChI is InChI=1S/C21H22.C4H8O2/c1-4-6-7-8-16-13-18-10-9-15(3)20-17(5-2)11-12-19(14-16)21(18)20;1-3-4(5)6-2/h5,9-14H,2-4,6-8H2,1H3;3H2,1-2H3. The van der Waals surface area contributed by atoms with Crippen LogP contribution in [0.1, 0.15) is 50.7 Å². The zero-order chi connectivity index (χ0) is 19.8. The summed E-state index contributed by atoms with van der Waals surface area (Å²) in [5, 5.41) is 6.32. The third-order valence-electron chi connectivity index (χ3n) is 4.83. The van der Waals surface area contributed by atoms with Gasteiger partial charge in [0.2, 0.25) is 0 Å². The van der Waals surface area contributed by atoms with Crippen molar-refractivity contribution in [2.45, 2.75) is 46.0 Å². The second-order valence-electron chi connectivity index (χ2n) is 6.76. The molecule has 0 aliphatic heterocycles. The number of aryl methyl sites for hydroxylation is 1. The van der Waals surface area contributed by atoms with Crippen molar-refractivity contribution in [3.05, 3.63) is 59.3 Å². The topological polar surface area (TPSA) is 26.3 Å². The molecule has 142 valence electrons. The monoisotopic (exact) mass is 362 g/mol.